The molecule has 2 heteroatoms. The Morgan fingerprint density at radius 2 is 2.27 bits per heavy atom. The summed E-state index contributed by atoms with van der Waals surface area (Å²) < 4.78 is 0. The lowest BCUT2D eigenvalue weighted by Gasteiger charge is -2.50. The molecule has 2 fully saturated rings. The van der Waals surface area contributed by atoms with Crippen LogP contribution in [0, 0.1) is 5.41 Å². The molecular weight excluding hydrogens is 154 g/mol. The Balaban J connectivity index is 2.02. The molecule has 1 heterocycles. The first kappa shape index (κ1) is 7.93. The molecule has 1 saturated heterocycles. The standard InChI is InChI=1S/C9H17NS/c1-10-8-3-6-11-7-9(8)4-2-5-9/h8,10H,2-7H2,1H3. The average molecular weight is 171 g/mol. The molecule has 1 N–H and O–H groups in total. The van der Waals surface area contributed by atoms with Crippen LogP contribution in [-0.2, 0) is 0 Å². The summed E-state index contributed by atoms with van der Waals surface area (Å²) in [5, 5.41) is 3.48. The van der Waals surface area contributed by atoms with Gasteiger partial charge in [0.15, 0.2) is 0 Å². The molecule has 1 aliphatic heterocycles. The monoisotopic (exact) mass is 171 g/mol. The van der Waals surface area contributed by atoms with E-state index in [2.05, 4.69) is 24.1 Å². The number of nitrogens with one attached hydrogen (secondary N) is 1. The van der Waals surface area contributed by atoms with Gasteiger partial charge in [-0.15, -0.1) is 0 Å². The van der Waals surface area contributed by atoms with Crippen molar-refractivity contribution in [1.29, 1.82) is 0 Å². The van der Waals surface area contributed by atoms with Crippen molar-refractivity contribution < 1.29 is 0 Å². The van der Waals surface area contributed by atoms with Crippen LogP contribution in [0.15, 0.2) is 0 Å². The molecule has 1 aliphatic carbocycles. The Bertz CT molecular complexity index is 142. The molecule has 2 aliphatic rings. The van der Waals surface area contributed by atoms with Crippen molar-refractivity contribution in [3.63, 3.8) is 0 Å². The summed E-state index contributed by atoms with van der Waals surface area (Å²) in [7, 11) is 2.13. The van der Waals surface area contributed by atoms with Crippen LogP contribution >= 0.6 is 11.8 Å². The summed E-state index contributed by atoms with van der Waals surface area (Å²) in [6.07, 6.45) is 5.82. The maximum absolute atomic E-state index is 3.48. The molecule has 2 rings (SSSR count). The van der Waals surface area contributed by atoms with Crippen LogP contribution in [0.1, 0.15) is 25.7 Å². The van der Waals surface area contributed by atoms with Crippen LogP contribution < -0.4 is 5.32 Å². The fourth-order valence-electron chi connectivity index (χ4n) is 2.46. The van der Waals surface area contributed by atoms with E-state index in [1.165, 1.54) is 37.2 Å². The molecule has 11 heavy (non-hydrogen) atoms. The molecule has 1 atom stereocenters. The van der Waals surface area contributed by atoms with Gasteiger partial charge in [0, 0.05) is 11.8 Å². The van der Waals surface area contributed by atoms with Crippen LogP contribution in [0.25, 0.3) is 0 Å². The summed E-state index contributed by atoms with van der Waals surface area (Å²) in [5.41, 5.74) is 0.720. The minimum atomic E-state index is 0.720. The van der Waals surface area contributed by atoms with Gasteiger partial charge in [-0.3, -0.25) is 0 Å². The molecular formula is C9H17NS. The second-order valence-electron chi connectivity index (χ2n) is 3.90. The van der Waals surface area contributed by atoms with Gasteiger partial charge in [0.05, 0.1) is 0 Å². The third-order valence-corrected chi connectivity index (χ3v) is 4.68. The van der Waals surface area contributed by atoms with E-state index in [9.17, 15) is 0 Å². The Labute approximate surface area is 73.3 Å². The summed E-state index contributed by atoms with van der Waals surface area (Å²) in [6, 6.07) is 0.831. The van der Waals surface area contributed by atoms with Gasteiger partial charge in [-0.2, -0.15) is 11.8 Å². The van der Waals surface area contributed by atoms with Gasteiger partial charge in [-0.05, 0) is 37.5 Å². The maximum atomic E-state index is 3.48. The van der Waals surface area contributed by atoms with E-state index in [0.29, 0.717) is 0 Å². The first-order chi connectivity index (χ1) is 5.37. The number of rotatable bonds is 1. The van der Waals surface area contributed by atoms with E-state index >= 15 is 0 Å². The van der Waals surface area contributed by atoms with Crippen molar-refractivity contribution in [3.8, 4) is 0 Å². The van der Waals surface area contributed by atoms with E-state index < -0.39 is 0 Å². The largest absolute Gasteiger partial charge is 0.316 e. The maximum Gasteiger partial charge on any atom is 0.0136 e. The smallest absolute Gasteiger partial charge is 0.0136 e. The van der Waals surface area contributed by atoms with Crippen molar-refractivity contribution >= 4 is 11.8 Å². The first-order valence-electron chi connectivity index (χ1n) is 4.62. The minimum Gasteiger partial charge on any atom is -0.316 e. The molecule has 0 aromatic heterocycles. The number of hydrogen-bond acceptors (Lipinski definition) is 2. The van der Waals surface area contributed by atoms with Crippen molar-refractivity contribution in [2.75, 3.05) is 18.6 Å². The highest BCUT2D eigenvalue weighted by atomic mass is 32.2. The van der Waals surface area contributed by atoms with Crippen molar-refractivity contribution in [1.82, 2.24) is 5.32 Å². The molecule has 1 nitrogen and oxygen atoms in total. The normalized spacial score (nSPS) is 35.2. The highest BCUT2D eigenvalue weighted by Crippen LogP contribution is 2.49. The van der Waals surface area contributed by atoms with E-state index in [-0.39, 0.29) is 0 Å². The van der Waals surface area contributed by atoms with Crippen LogP contribution in [-0.4, -0.2) is 24.6 Å². The van der Waals surface area contributed by atoms with Crippen LogP contribution in [0.3, 0.4) is 0 Å². The fourth-order valence-corrected chi connectivity index (χ4v) is 3.90. The third-order valence-electron chi connectivity index (χ3n) is 3.38. The second-order valence-corrected chi connectivity index (χ2v) is 5.00. The van der Waals surface area contributed by atoms with Gasteiger partial charge in [0.2, 0.25) is 0 Å². The van der Waals surface area contributed by atoms with Gasteiger partial charge in [-0.25, -0.2) is 0 Å². The topological polar surface area (TPSA) is 12.0 Å². The molecule has 0 bridgehead atoms. The molecule has 1 saturated carbocycles. The lowest BCUT2D eigenvalue weighted by atomic mass is 9.64. The summed E-state index contributed by atoms with van der Waals surface area (Å²) in [6.45, 7) is 0. The predicted octanol–water partition coefficient (Wildman–Crippen LogP) is 1.88. The predicted molar refractivity (Wildman–Crippen MR) is 51.1 cm³/mol. The SMILES string of the molecule is CNC1CCSCC12CCC2. The lowest BCUT2D eigenvalue weighted by molar-refractivity contribution is 0.101. The van der Waals surface area contributed by atoms with Gasteiger partial charge < -0.3 is 5.32 Å². The summed E-state index contributed by atoms with van der Waals surface area (Å²) in [4.78, 5) is 0. The van der Waals surface area contributed by atoms with E-state index in [0.717, 1.165) is 11.5 Å². The first-order valence-corrected chi connectivity index (χ1v) is 5.78. The highest BCUT2D eigenvalue weighted by molar-refractivity contribution is 7.99. The Hall–Kier alpha value is 0.310. The summed E-state index contributed by atoms with van der Waals surface area (Å²) in [5.74, 6) is 2.78. The molecule has 1 unspecified atom stereocenters. The van der Waals surface area contributed by atoms with Crippen LogP contribution in [0.5, 0.6) is 0 Å². The zero-order valence-corrected chi connectivity index (χ0v) is 8.04. The lowest BCUT2D eigenvalue weighted by Crippen LogP contribution is -2.52. The van der Waals surface area contributed by atoms with Crippen LogP contribution in [0.2, 0.25) is 0 Å². The summed E-state index contributed by atoms with van der Waals surface area (Å²) >= 11 is 2.16. The Kier molecular flexibility index (Phi) is 2.15. The molecule has 0 radical (unpaired) electrons. The molecule has 0 amide bonds. The second kappa shape index (κ2) is 2.98. The molecule has 1 spiro atoms. The number of thioether (sulfide) groups is 1. The Morgan fingerprint density at radius 1 is 1.45 bits per heavy atom. The molecule has 0 aromatic rings. The average Bonchev–Trinajstić information content (AvgIpc) is 2.01. The van der Waals surface area contributed by atoms with Gasteiger partial charge >= 0.3 is 0 Å². The third kappa shape index (κ3) is 1.20. The van der Waals surface area contributed by atoms with E-state index in [1.54, 1.807) is 0 Å². The molecule has 0 aromatic carbocycles. The van der Waals surface area contributed by atoms with Crippen LogP contribution in [0.4, 0.5) is 0 Å². The quantitative estimate of drug-likeness (QED) is 0.646. The van der Waals surface area contributed by atoms with Gasteiger partial charge in [0.1, 0.15) is 0 Å². The highest BCUT2D eigenvalue weighted by Gasteiger charge is 2.44. The fraction of sp³-hybridized carbons (Fsp3) is 1.00. The minimum absolute atomic E-state index is 0.720. The number of hydrogen-bond donors (Lipinski definition) is 1. The van der Waals surface area contributed by atoms with Gasteiger partial charge in [-0.1, -0.05) is 6.42 Å². The zero-order chi connectivity index (χ0) is 7.73. The van der Waals surface area contributed by atoms with E-state index in [4.69, 9.17) is 0 Å². The van der Waals surface area contributed by atoms with Gasteiger partial charge in [0.25, 0.3) is 0 Å². The van der Waals surface area contributed by atoms with Crippen molar-refractivity contribution in [2.24, 2.45) is 5.41 Å². The van der Waals surface area contributed by atoms with Crippen molar-refractivity contribution in [3.05, 3.63) is 0 Å². The zero-order valence-electron chi connectivity index (χ0n) is 7.23. The van der Waals surface area contributed by atoms with Crippen molar-refractivity contribution in [2.45, 2.75) is 31.7 Å². The molecule has 64 valence electrons. The Morgan fingerprint density at radius 3 is 2.73 bits per heavy atom. The van der Waals surface area contributed by atoms with E-state index in [1.807, 2.05) is 0 Å².